The first-order valence-electron chi connectivity index (χ1n) is 15.6. The molecule has 0 aromatic rings. The first-order chi connectivity index (χ1) is 17.7. The topological polar surface area (TPSA) is 35.5 Å². The van der Waals surface area contributed by atoms with Gasteiger partial charge in [0.25, 0.3) is 0 Å². The monoisotopic (exact) mass is 572 g/mol. The van der Waals surface area contributed by atoms with Gasteiger partial charge >= 0.3 is 0 Å². The number of hydrogen-bond acceptors (Lipinski definition) is 3. The van der Waals surface area contributed by atoms with Gasteiger partial charge in [0, 0.05) is 12.3 Å². The van der Waals surface area contributed by atoms with Crippen LogP contribution in [0.5, 0.6) is 0 Å². The molecule has 6 atom stereocenters. The van der Waals surface area contributed by atoms with Crippen LogP contribution in [0, 0.1) is 23.2 Å². The molecule has 0 saturated heterocycles. The number of carbonyl (C=O) groups excluding carboxylic acids is 1. The quantitative estimate of drug-likeness (QED) is 0.225. The third kappa shape index (κ3) is 6.84. The second-order valence-corrected chi connectivity index (χ2v) is 25.9. The summed E-state index contributed by atoms with van der Waals surface area (Å²) in [5.74, 6) is 1.24. The minimum Gasteiger partial charge on any atom is -0.413 e. The van der Waals surface area contributed by atoms with E-state index in [9.17, 15) is 4.79 Å². The minimum absolute atomic E-state index is 0.0139. The maximum Gasteiger partial charge on any atom is 0.192 e. The zero-order chi connectivity index (χ0) is 29.6. The molecule has 0 amide bonds. The third-order valence-electron chi connectivity index (χ3n) is 11.6. The highest BCUT2D eigenvalue weighted by Crippen LogP contribution is 2.59. The predicted octanol–water partition coefficient (Wildman–Crippen LogP) is 10.0. The molecule has 0 aromatic heterocycles. The Morgan fingerprint density at radius 2 is 1.56 bits per heavy atom. The summed E-state index contributed by atoms with van der Waals surface area (Å²) in [6.45, 7) is 32.6. The molecular formula is C34H60O3Si2. The van der Waals surface area contributed by atoms with Crippen LogP contribution in [0.4, 0.5) is 0 Å². The van der Waals surface area contributed by atoms with Gasteiger partial charge in [-0.05, 0) is 103 Å². The van der Waals surface area contributed by atoms with Gasteiger partial charge in [-0.1, -0.05) is 79.7 Å². The fourth-order valence-electron chi connectivity index (χ4n) is 7.00. The molecule has 3 saturated carbocycles. The van der Waals surface area contributed by atoms with Gasteiger partial charge in [-0.25, -0.2) is 0 Å². The van der Waals surface area contributed by atoms with Crippen molar-refractivity contribution in [3.8, 4) is 0 Å². The normalized spacial score (nSPS) is 33.9. The summed E-state index contributed by atoms with van der Waals surface area (Å²) in [5, 5.41) is 0.323. The smallest absolute Gasteiger partial charge is 0.192 e. The molecule has 0 heterocycles. The summed E-state index contributed by atoms with van der Waals surface area (Å²) >= 11 is 0. The maximum atomic E-state index is 11.7. The lowest BCUT2D eigenvalue weighted by Crippen LogP contribution is -2.49. The summed E-state index contributed by atoms with van der Waals surface area (Å²) in [6.07, 6.45) is 14.0. The van der Waals surface area contributed by atoms with E-state index in [1.807, 2.05) is 0 Å². The molecule has 0 radical (unpaired) electrons. The molecule has 3 nitrogen and oxygen atoms in total. The molecule has 3 rings (SSSR count). The van der Waals surface area contributed by atoms with Crippen molar-refractivity contribution >= 4 is 22.9 Å². The second kappa shape index (κ2) is 11.5. The molecule has 39 heavy (non-hydrogen) atoms. The second-order valence-electron chi connectivity index (χ2n) is 16.4. The Morgan fingerprint density at radius 1 is 0.974 bits per heavy atom. The molecule has 3 aliphatic carbocycles. The van der Waals surface area contributed by atoms with Crippen LogP contribution >= 0.6 is 0 Å². The molecule has 5 heteroatoms. The van der Waals surface area contributed by atoms with E-state index in [0.29, 0.717) is 11.8 Å². The molecule has 222 valence electrons. The Morgan fingerprint density at radius 3 is 2.13 bits per heavy atom. The van der Waals surface area contributed by atoms with Crippen LogP contribution in [0.1, 0.15) is 100 Å². The van der Waals surface area contributed by atoms with Crippen molar-refractivity contribution in [1.29, 1.82) is 0 Å². The molecule has 3 aliphatic rings. The lowest BCUT2D eigenvalue weighted by Gasteiger charge is -2.45. The number of fused-ring (bicyclic) bond motifs is 1. The molecule has 0 N–H and O–H groups in total. The van der Waals surface area contributed by atoms with Gasteiger partial charge in [0.05, 0.1) is 12.2 Å². The van der Waals surface area contributed by atoms with E-state index in [1.54, 1.807) is 5.57 Å². The van der Waals surface area contributed by atoms with Gasteiger partial charge in [0.1, 0.15) is 6.29 Å². The lowest BCUT2D eigenvalue weighted by atomic mass is 9.61. The van der Waals surface area contributed by atoms with Gasteiger partial charge in [0.15, 0.2) is 16.6 Å². The first-order valence-corrected chi connectivity index (χ1v) is 21.4. The van der Waals surface area contributed by atoms with E-state index in [2.05, 4.69) is 100 Å². The van der Waals surface area contributed by atoms with E-state index in [-0.39, 0.29) is 33.6 Å². The number of carbonyl (C=O) groups is 1. The number of rotatable bonds is 7. The lowest BCUT2D eigenvalue weighted by molar-refractivity contribution is -0.113. The fourth-order valence-corrected chi connectivity index (χ4v) is 9.67. The average molecular weight is 573 g/mol. The number of hydrogen-bond donors (Lipinski definition) is 0. The van der Waals surface area contributed by atoms with Crippen LogP contribution < -0.4 is 0 Å². The van der Waals surface area contributed by atoms with Crippen molar-refractivity contribution in [2.45, 2.75) is 149 Å². The summed E-state index contributed by atoms with van der Waals surface area (Å²) < 4.78 is 14.0. The van der Waals surface area contributed by atoms with Gasteiger partial charge in [-0.15, -0.1) is 0 Å². The van der Waals surface area contributed by atoms with Crippen molar-refractivity contribution in [1.82, 2.24) is 0 Å². The van der Waals surface area contributed by atoms with Crippen LogP contribution in [0.15, 0.2) is 35.5 Å². The predicted molar refractivity (Wildman–Crippen MR) is 172 cm³/mol. The third-order valence-corrected chi connectivity index (χ3v) is 20.6. The minimum atomic E-state index is -1.97. The zero-order valence-corrected chi connectivity index (χ0v) is 29.5. The largest absolute Gasteiger partial charge is 0.413 e. The van der Waals surface area contributed by atoms with Crippen LogP contribution in [0.2, 0.25) is 36.3 Å². The SMILES string of the molecule is C=C1C(=CC=C2CCC[C@]3(C)[C@@H](C(C)C=O)CC[C@@H]23)C[C@H](O[Si](C)(C)C(C)(C)C)C[C@@H]1O[Si](C)(C)C(C)(C)C. The van der Waals surface area contributed by atoms with Gasteiger partial charge in [-0.2, -0.15) is 0 Å². The van der Waals surface area contributed by atoms with Crippen molar-refractivity contribution in [2.24, 2.45) is 23.2 Å². The molecular weight excluding hydrogens is 513 g/mol. The average Bonchev–Trinajstić information content (AvgIpc) is 3.15. The number of aldehydes is 1. The Labute approximate surface area is 243 Å². The molecule has 1 unspecified atom stereocenters. The van der Waals surface area contributed by atoms with Gasteiger partial charge in [-0.3, -0.25) is 0 Å². The summed E-state index contributed by atoms with van der Waals surface area (Å²) in [4.78, 5) is 11.7. The zero-order valence-electron chi connectivity index (χ0n) is 27.5. The van der Waals surface area contributed by atoms with Gasteiger partial charge in [0.2, 0.25) is 0 Å². The van der Waals surface area contributed by atoms with E-state index >= 15 is 0 Å². The summed E-state index contributed by atoms with van der Waals surface area (Å²) in [5.41, 5.74) is 4.29. The van der Waals surface area contributed by atoms with E-state index < -0.39 is 16.6 Å². The Hall–Kier alpha value is -0.756. The maximum absolute atomic E-state index is 11.7. The molecule has 3 fully saturated rings. The molecule has 0 spiro atoms. The Bertz CT molecular complexity index is 977. The number of allylic oxidation sites excluding steroid dienone is 3. The molecule has 0 aromatic carbocycles. The van der Waals surface area contributed by atoms with Gasteiger partial charge < -0.3 is 13.6 Å². The van der Waals surface area contributed by atoms with Crippen LogP contribution in [-0.4, -0.2) is 35.1 Å². The Balaban J connectivity index is 1.93. The highest BCUT2D eigenvalue weighted by atomic mass is 28.4. The summed E-state index contributed by atoms with van der Waals surface area (Å²) in [6, 6.07) is 0. The van der Waals surface area contributed by atoms with E-state index in [0.717, 1.165) is 18.4 Å². The molecule has 0 aliphatic heterocycles. The van der Waals surface area contributed by atoms with Crippen molar-refractivity contribution < 1.29 is 13.6 Å². The molecule has 0 bridgehead atoms. The van der Waals surface area contributed by atoms with E-state index in [4.69, 9.17) is 8.85 Å². The Kier molecular flexibility index (Phi) is 9.65. The standard InChI is InChI=1S/C34H60O3Si2/c1-24(23-35)29-18-19-30-26(15-14-20-34(29,30)9)16-17-27-21-28(36-38(10,11)32(3,4)5)22-31(25(27)2)37-39(12,13)33(6,7)8/h16-17,23-24,28-31H,2,14-15,18-22H2,1,3-13H3/t24?,28-,29+,30-,31-,34+/m0/s1. The highest BCUT2D eigenvalue weighted by molar-refractivity contribution is 6.74. The van der Waals surface area contributed by atoms with E-state index in [1.165, 1.54) is 44.0 Å². The van der Waals surface area contributed by atoms with Crippen molar-refractivity contribution in [3.63, 3.8) is 0 Å². The van der Waals surface area contributed by atoms with Crippen molar-refractivity contribution in [3.05, 3.63) is 35.5 Å². The summed E-state index contributed by atoms with van der Waals surface area (Å²) in [7, 11) is -3.89. The first kappa shape index (κ1) is 32.8. The van der Waals surface area contributed by atoms with Crippen LogP contribution in [0.25, 0.3) is 0 Å². The fraction of sp³-hybridized carbons (Fsp3) is 0.794. The van der Waals surface area contributed by atoms with Crippen molar-refractivity contribution in [2.75, 3.05) is 0 Å². The van der Waals surface area contributed by atoms with Crippen LogP contribution in [0.3, 0.4) is 0 Å². The highest BCUT2D eigenvalue weighted by Gasteiger charge is 2.51. The van der Waals surface area contributed by atoms with Crippen LogP contribution in [-0.2, 0) is 13.6 Å².